The summed E-state index contributed by atoms with van der Waals surface area (Å²) in [6.45, 7) is 10.2. The van der Waals surface area contributed by atoms with Crippen LogP contribution in [0.15, 0.2) is 35.5 Å². The van der Waals surface area contributed by atoms with Gasteiger partial charge in [-0.1, -0.05) is 18.2 Å². The van der Waals surface area contributed by atoms with Crippen molar-refractivity contribution in [3.8, 4) is 0 Å². The molecule has 2 aliphatic heterocycles. The summed E-state index contributed by atoms with van der Waals surface area (Å²) in [5.74, 6) is -3.70. The molecule has 0 aromatic rings. The minimum absolute atomic E-state index is 0.0102. The molecular weight excluding hydrogens is 420 g/mol. The lowest BCUT2D eigenvalue weighted by atomic mass is 9.83. The van der Waals surface area contributed by atoms with Crippen LogP contribution in [0.25, 0.3) is 0 Å². The molecule has 0 bridgehead atoms. The highest BCUT2D eigenvalue weighted by Gasteiger charge is 2.59. The fourth-order valence-electron chi connectivity index (χ4n) is 3.98. The van der Waals surface area contributed by atoms with E-state index in [9.17, 15) is 19.2 Å². The molecule has 0 spiro atoms. The van der Waals surface area contributed by atoms with Gasteiger partial charge < -0.3 is 23.7 Å². The molecule has 1 aliphatic carbocycles. The monoisotopic (exact) mass is 448 g/mol. The number of carbonyl (C=O) groups is 4. The second-order valence-electron chi connectivity index (χ2n) is 8.39. The summed E-state index contributed by atoms with van der Waals surface area (Å²) in [6, 6.07) is 0. The quantitative estimate of drug-likeness (QED) is 0.209. The Balaban J connectivity index is 2.14. The highest BCUT2D eigenvalue weighted by atomic mass is 16.7. The third-order valence-corrected chi connectivity index (χ3v) is 6.07. The molecule has 0 radical (unpaired) electrons. The molecule has 9 heteroatoms. The lowest BCUT2D eigenvalue weighted by Gasteiger charge is -2.33. The maximum Gasteiger partial charge on any atom is 0.341 e. The Morgan fingerprint density at radius 2 is 1.91 bits per heavy atom. The Bertz CT molecular complexity index is 914. The van der Waals surface area contributed by atoms with Crippen molar-refractivity contribution in [1.29, 1.82) is 0 Å². The average molecular weight is 448 g/mol. The van der Waals surface area contributed by atoms with Crippen molar-refractivity contribution in [1.82, 2.24) is 0 Å². The molecule has 2 fully saturated rings. The van der Waals surface area contributed by atoms with Crippen molar-refractivity contribution in [3.05, 3.63) is 35.5 Å². The number of epoxide rings is 1. The molecule has 9 nitrogen and oxygen atoms in total. The minimum atomic E-state index is -1.34. The fourth-order valence-corrected chi connectivity index (χ4v) is 3.98. The van der Waals surface area contributed by atoms with E-state index in [1.807, 2.05) is 6.92 Å². The number of ether oxygens (including phenoxy) is 5. The van der Waals surface area contributed by atoms with Gasteiger partial charge in [0.25, 0.3) is 0 Å². The first-order valence-electron chi connectivity index (χ1n) is 10.4. The van der Waals surface area contributed by atoms with Gasteiger partial charge in [0.1, 0.15) is 6.10 Å². The first-order chi connectivity index (χ1) is 15.0. The Hall–Kier alpha value is -2.94. The molecule has 3 rings (SSSR count). The van der Waals surface area contributed by atoms with Gasteiger partial charge in [0.2, 0.25) is 0 Å². The number of fused-ring (bicyclic) bond motifs is 1. The van der Waals surface area contributed by atoms with Gasteiger partial charge in [0, 0.05) is 12.5 Å². The van der Waals surface area contributed by atoms with Crippen molar-refractivity contribution >= 4 is 23.9 Å². The summed E-state index contributed by atoms with van der Waals surface area (Å²) < 4.78 is 27.1. The van der Waals surface area contributed by atoms with Crippen molar-refractivity contribution in [3.63, 3.8) is 0 Å². The second kappa shape index (κ2) is 8.90. The van der Waals surface area contributed by atoms with Gasteiger partial charge in [0.05, 0.1) is 24.7 Å². The number of carbonyl (C=O) groups excluding carboxylic acids is 4. The number of hydrogen-bond donors (Lipinski definition) is 0. The van der Waals surface area contributed by atoms with Gasteiger partial charge in [-0.2, -0.15) is 0 Å². The predicted molar refractivity (Wildman–Crippen MR) is 110 cm³/mol. The molecule has 3 aliphatic rings. The van der Waals surface area contributed by atoms with Crippen LogP contribution in [0.4, 0.5) is 0 Å². The van der Waals surface area contributed by atoms with Crippen LogP contribution in [0, 0.1) is 5.92 Å². The largest absolute Gasteiger partial charge is 0.466 e. The molecule has 0 aromatic heterocycles. The topological polar surface area (TPSA) is 118 Å². The van der Waals surface area contributed by atoms with Crippen molar-refractivity contribution in [2.24, 2.45) is 5.92 Å². The molecule has 0 N–H and O–H groups in total. The van der Waals surface area contributed by atoms with E-state index in [2.05, 4.69) is 6.58 Å². The number of hydrogen-bond acceptors (Lipinski definition) is 9. The van der Waals surface area contributed by atoms with Crippen LogP contribution in [-0.4, -0.2) is 61.0 Å². The van der Waals surface area contributed by atoms with E-state index < -0.39 is 53.7 Å². The minimum Gasteiger partial charge on any atom is -0.466 e. The van der Waals surface area contributed by atoms with Gasteiger partial charge >= 0.3 is 23.9 Å². The molecule has 32 heavy (non-hydrogen) atoms. The van der Waals surface area contributed by atoms with Crippen LogP contribution < -0.4 is 0 Å². The molecule has 2 saturated heterocycles. The normalized spacial score (nSPS) is 37.6. The molecule has 2 heterocycles. The Morgan fingerprint density at radius 1 is 1.25 bits per heavy atom. The van der Waals surface area contributed by atoms with Gasteiger partial charge in [0.15, 0.2) is 17.8 Å². The molecule has 174 valence electrons. The smallest absolute Gasteiger partial charge is 0.341 e. The van der Waals surface area contributed by atoms with Crippen LogP contribution >= 0.6 is 0 Å². The molecule has 6 unspecified atom stereocenters. The third-order valence-electron chi connectivity index (χ3n) is 6.07. The maximum absolute atomic E-state index is 13.0. The third kappa shape index (κ3) is 4.48. The summed E-state index contributed by atoms with van der Waals surface area (Å²) in [4.78, 5) is 50.0. The second-order valence-corrected chi connectivity index (χ2v) is 8.39. The van der Waals surface area contributed by atoms with E-state index in [0.29, 0.717) is 12.8 Å². The Morgan fingerprint density at radius 3 is 2.47 bits per heavy atom. The summed E-state index contributed by atoms with van der Waals surface area (Å²) in [7, 11) is 1.20. The molecular formula is C23H28O9. The Kier molecular flexibility index (Phi) is 6.59. The lowest BCUT2D eigenvalue weighted by Crippen LogP contribution is -2.47. The number of rotatable bonds is 4. The summed E-state index contributed by atoms with van der Waals surface area (Å²) in [5, 5.41) is 0. The zero-order valence-electron chi connectivity index (χ0n) is 18.8. The van der Waals surface area contributed by atoms with Crippen LogP contribution in [0.1, 0.15) is 40.5 Å². The molecule has 0 amide bonds. The van der Waals surface area contributed by atoms with Crippen LogP contribution in [0.5, 0.6) is 0 Å². The van der Waals surface area contributed by atoms with Crippen LogP contribution in [0.2, 0.25) is 0 Å². The van der Waals surface area contributed by atoms with Crippen molar-refractivity contribution in [2.75, 3.05) is 7.11 Å². The summed E-state index contributed by atoms with van der Waals surface area (Å²) >= 11 is 0. The zero-order valence-corrected chi connectivity index (χ0v) is 18.8. The van der Waals surface area contributed by atoms with Gasteiger partial charge in [-0.25, -0.2) is 14.4 Å². The van der Waals surface area contributed by atoms with Gasteiger partial charge in [-0.3, -0.25) is 4.79 Å². The average Bonchev–Trinajstić information content (AvgIpc) is 3.25. The number of methoxy groups -OCH3 is 1. The first-order valence-corrected chi connectivity index (χ1v) is 10.4. The van der Waals surface area contributed by atoms with Crippen molar-refractivity contribution < 1.29 is 42.9 Å². The lowest BCUT2D eigenvalue weighted by molar-refractivity contribution is -0.173. The van der Waals surface area contributed by atoms with Crippen LogP contribution in [0.3, 0.4) is 0 Å². The zero-order chi connectivity index (χ0) is 23.8. The highest BCUT2D eigenvalue weighted by molar-refractivity contribution is 5.93. The predicted octanol–water partition coefficient (Wildman–Crippen LogP) is 1.94. The van der Waals surface area contributed by atoms with E-state index >= 15 is 0 Å². The molecule has 6 atom stereocenters. The van der Waals surface area contributed by atoms with E-state index in [4.69, 9.17) is 23.7 Å². The maximum atomic E-state index is 13.0. The fraction of sp³-hybridized carbons (Fsp3) is 0.565. The van der Waals surface area contributed by atoms with E-state index in [0.717, 1.165) is 5.57 Å². The molecule has 0 aromatic carbocycles. The summed E-state index contributed by atoms with van der Waals surface area (Å²) in [5.41, 5.74) is -0.216. The van der Waals surface area contributed by atoms with Crippen LogP contribution in [-0.2, 0) is 42.9 Å². The summed E-state index contributed by atoms with van der Waals surface area (Å²) in [6.07, 6.45) is 0.540. The first kappa shape index (κ1) is 23.7. The van der Waals surface area contributed by atoms with E-state index in [-0.39, 0.29) is 17.3 Å². The van der Waals surface area contributed by atoms with Crippen molar-refractivity contribution in [2.45, 2.75) is 70.6 Å². The molecule has 0 saturated carbocycles. The van der Waals surface area contributed by atoms with Gasteiger partial charge in [-0.05, 0) is 39.7 Å². The van der Waals surface area contributed by atoms with E-state index in [1.54, 1.807) is 26.0 Å². The highest BCUT2D eigenvalue weighted by Crippen LogP contribution is 2.41. The number of esters is 4. The van der Waals surface area contributed by atoms with E-state index in [1.165, 1.54) is 14.0 Å². The standard InChI is InChI=1S/C23H28O9/c1-11-8-7-9-15(21(26)28-6)18(29-14(4)24)19(31-22(27)23(5)13(3)32-23)17-12(2)20(25)30-16(17)10-11/h9-10,13,16-19H,2,7-8H2,1,3-6H3/b11-10+,15-9+. The SMILES string of the molecule is C=C1C(=O)OC2/C=C(\C)CC/C=C(/C(=O)OC)C(OC(C)=O)C(OC(=O)C3(C)OC3C)C12. The van der Waals surface area contributed by atoms with Gasteiger partial charge in [-0.15, -0.1) is 0 Å². The Labute approximate surface area is 186 Å². The number of allylic oxidation sites excluding steroid dienone is 2.